The molecule has 0 bridgehead atoms. The zero-order valence-electron chi connectivity index (χ0n) is 7.77. The molecule has 0 spiro atoms. The van der Waals surface area contributed by atoms with Crippen molar-refractivity contribution in [2.24, 2.45) is 0 Å². The molecule has 0 radical (unpaired) electrons. The lowest BCUT2D eigenvalue weighted by molar-refractivity contribution is -0.0388. The number of unbranched alkanes of at least 4 members (excludes halogenated alkanes) is 1. The van der Waals surface area contributed by atoms with Gasteiger partial charge < -0.3 is 20.4 Å². The lowest BCUT2D eigenvalue weighted by Gasteiger charge is -2.10. The maximum atomic E-state index is 8.47. The average molecular weight is 180 g/mol. The molecule has 2 unspecified atom stereocenters. The van der Waals surface area contributed by atoms with Crippen molar-refractivity contribution in [1.82, 2.24) is 0 Å². The van der Waals surface area contributed by atoms with E-state index in [4.69, 9.17) is 20.4 Å². The maximum absolute atomic E-state index is 8.47. The van der Waals surface area contributed by atoms with E-state index in [1.165, 1.54) is 12.8 Å². The first-order valence-corrected chi connectivity index (χ1v) is 4.21. The molecule has 0 saturated heterocycles. The summed E-state index contributed by atoms with van der Waals surface area (Å²) in [5, 5.41) is 33.2. The number of aliphatic hydroxyl groups excluding tert-OH is 4. The molecule has 0 aromatic rings. The van der Waals surface area contributed by atoms with Crippen LogP contribution in [0.5, 0.6) is 0 Å². The molecule has 4 heteroatoms. The molecule has 0 aliphatic rings. The van der Waals surface area contributed by atoms with E-state index in [0.717, 1.165) is 0 Å². The molecule has 4 nitrogen and oxygen atoms in total. The van der Waals surface area contributed by atoms with Crippen molar-refractivity contribution < 1.29 is 20.4 Å². The van der Waals surface area contributed by atoms with Crippen LogP contribution in [0.1, 0.15) is 26.7 Å². The first kappa shape index (κ1) is 14.4. The fourth-order valence-corrected chi connectivity index (χ4v) is 0.243. The molecule has 0 aromatic heterocycles. The zero-order valence-corrected chi connectivity index (χ0v) is 7.77. The minimum Gasteiger partial charge on any atom is -0.394 e. The summed E-state index contributed by atoms with van der Waals surface area (Å²) in [5.74, 6) is 0. The van der Waals surface area contributed by atoms with E-state index in [0.29, 0.717) is 0 Å². The summed E-state index contributed by atoms with van der Waals surface area (Å²) in [6.45, 7) is 3.31. The van der Waals surface area contributed by atoms with Gasteiger partial charge in [-0.05, 0) is 0 Å². The third-order valence-corrected chi connectivity index (χ3v) is 1.32. The highest BCUT2D eigenvalue weighted by atomic mass is 16.4. The van der Waals surface area contributed by atoms with Crippen LogP contribution >= 0.6 is 0 Å². The van der Waals surface area contributed by atoms with Crippen molar-refractivity contribution >= 4 is 0 Å². The van der Waals surface area contributed by atoms with Crippen LogP contribution in [0.2, 0.25) is 0 Å². The summed E-state index contributed by atoms with van der Waals surface area (Å²) >= 11 is 0. The highest BCUT2D eigenvalue weighted by Crippen LogP contribution is 1.88. The molecule has 76 valence electrons. The lowest BCUT2D eigenvalue weighted by atomic mass is 10.2. The molecule has 0 fully saturated rings. The molecular weight excluding hydrogens is 160 g/mol. The molecule has 0 heterocycles. The summed E-state index contributed by atoms with van der Waals surface area (Å²) in [6.07, 6.45) is 0.194. The summed E-state index contributed by atoms with van der Waals surface area (Å²) in [6, 6.07) is 0. The number of rotatable bonds is 4. The Kier molecular flexibility index (Phi) is 13.0. The van der Waals surface area contributed by atoms with Crippen LogP contribution in [0.25, 0.3) is 0 Å². The molecule has 0 amide bonds. The minimum atomic E-state index is -1.22. The lowest BCUT2D eigenvalue weighted by Crippen LogP contribution is -2.31. The Bertz CT molecular complexity index is 67.5. The van der Waals surface area contributed by atoms with Crippen LogP contribution in [0, 0.1) is 0 Å². The van der Waals surface area contributed by atoms with Crippen molar-refractivity contribution in [2.45, 2.75) is 38.9 Å². The third-order valence-electron chi connectivity index (χ3n) is 1.32. The van der Waals surface area contributed by atoms with Gasteiger partial charge in [0.05, 0.1) is 13.2 Å². The summed E-state index contributed by atoms with van der Waals surface area (Å²) in [7, 11) is 0. The number of aliphatic hydroxyl groups is 4. The van der Waals surface area contributed by atoms with Gasteiger partial charge in [-0.1, -0.05) is 26.7 Å². The smallest absolute Gasteiger partial charge is 0.105 e. The van der Waals surface area contributed by atoms with E-state index in [9.17, 15) is 0 Å². The van der Waals surface area contributed by atoms with Crippen molar-refractivity contribution in [2.75, 3.05) is 13.2 Å². The Balaban J connectivity index is 0. The van der Waals surface area contributed by atoms with Gasteiger partial charge in [0.2, 0.25) is 0 Å². The predicted molar refractivity (Wildman–Crippen MR) is 46.8 cm³/mol. The van der Waals surface area contributed by atoms with Gasteiger partial charge in [-0.15, -0.1) is 0 Å². The Morgan fingerprint density at radius 1 is 0.833 bits per heavy atom. The maximum Gasteiger partial charge on any atom is 0.105 e. The number of hydrogen-bond donors (Lipinski definition) is 4. The summed E-state index contributed by atoms with van der Waals surface area (Å²) in [4.78, 5) is 0. The molecule has 0 aliphatic heterocycles. The van der Waals surface area contributed by atoms with E-state index < -0.39 is 25.4 Å². The van der Waals surface area contributed by atoms with E-state index >= 15 is 0 Å². The monoisotopic (exact) mass is 180 g/mol. The molecule has 0 aromatic carbocycles. The van der Waals surface area contributed by atoms with E-state index in [-0.39, 0.29) is 0 Å². The van der Waals surface area contributed by atoms with Crippen LogP contribution in [0.3, 0.4) is 0 Å². The Morgan fingerprint density at radius 2 is 1.08 bits per heavy atom. The van der Waals surface area contributed by atoms with Gasteiger partial charge in [0, 0.05) is 0 Å². The summed E-state index contributed by atoms with van der Waals surface area (Å²) < 4.78 is 0. The van der Waals surface area contributed by atoms with Crippen molar-refractivity contribution in [3.63, 3.8) is 0 Å². The minimum absolute atomic E-state index is 0.526. The standard InChI is InChI=1S/C4H10O4.C4H10/c5-1-3(7)4(8)2-6;1-3-4-2/h3-8H,1-2H2;3-4H2,1-2H3. The number of hydrogen-bond acceptors (Lipinski definition) is 4. The molecule has 0 rings (SSSR count). The SMILES string of the molecule is CCCC.OCC(O)C(O)CO. The van der Waals surface area contributed by atoms with Crippen LogP contribution in [-0.4, -0.2) is 45.8 Å². The summed E-state index contributed by atoms with van der Waals surface area (Å²) in [5.41, 5.74) is 0. The zero-order chi connectivity index (χ0) is 9.98. The van der Waals surface area contributed by atoms with Gasteiger partial charge in [-0.2, -0.15) is 0 Å². The largest absolute Gasteiger partial charge is 0.394 e. The van der Waals surface area contributed by atoms with Crippen LogP contribution in [0.15, 0.2) is 0 Å². The van der Waals surface area contributed by atoms with Crippen molar-refractivity contribution in [3.8, 4) is 0 Å². The van der Waals surface area contributed by atoms with Crippen LogP contribution in [0.4, 0.5) is 0 Å². The van der Waals surface area contributed by atoms with Gasteiger partial charge in [-0.25, -0.2) is 0 Å². The van der Waals surface area contributed by atoms with Gasteiger partial charge in [-0.3, -0.25) is 0 Å². The van der Waals surface area contributed by atoms with E-state index in [1.54, 1.807) is 0 Å². The molecular formula is C8H20O4. The Hall–Kier alpha value is -0.160. The topological polar surface area (TPSA) is 80.9 Å². The highest BCUT2D eigenvalue weighted by molar-refractivity contribution is 4.62. The first-order valence-electron chi connectivity index (χ1n) is 4.21. The second-order valence-corrected chi connectivity index (χ2v) is 2.50. The molecule has 0 aliphatic carbocycles. The fourth-order valence-electron chi connectivity index (χ4n) is 0.243. The third kappa shape index (κ3) is 9.84. The fraction of sp³-hybridized carbons (Fsp3) is 1.00. The molecule has 4 N–H and O–H groups in total. The molecule has 2 atom stereocenters. The predicted octanol–water partition coefficient (Wildman–Crippen LogP) is -0.501. The Morgan fingerprint density at radius 3 is 1.17 bits per heavy atom. The van der Waals surface area contributed by atoms with Gasteiger partial charge in [0.1, 0.15) is 12.2 Å². The van der Waals surface area contributed by atoms with E-state index in [2.05, 4.69) is 13.8 Å². The second kappa shape index (κ2) is 10.8. The average Bonchev–Trinajstić information content (AvgIpc) is 2.15. The highest BCUT2D eigenvalue weighted by Gasteiger charge is 2.12. The van der Waals surface area contributed by atoms with E-state index in [1.807, 2.05) is 0 Å². The van der Waals surface area contributed by atoms with Crippen molar-refractivity contribution in [1.29, 1.82) is 0 Å². The second-order valence-electron chi connectivity index (χ2n) is 2.50. The van der Waals surface area contributed by atoms with Crippen LogP contribution in [-0.2, 0) is 0 Å². The van der Waals surface area contributed by atoms with Gasteiger partial charge in [0.25, 0.3) is 0 Å². The quantitative estimate of drug-likeness (QED) is 0.470. The Labute approximate surface area is 73.5 Å². The molecule has 0 saturated carbocycles. The van der Waals surface area contributed by atoms with Gasteiger partial charge >= 0.3 is 0 Å². The van der Waals surface area contributed by atoms with Crippen molar-refractivity contribution in [3.05, 3.63) is 0 Å². The first-order chi connectivity index (χ1) is 5.63. The van der Waals surface area contributed by atoms with Gasteiger partial charge in [0.15, 0.2) is 0 Å². The normalized spacial score (nSPS) is 14.5. The molecule has 12 heavy (non-hydrogen) atoms. The van der Waals surface area contributed by atoms with Crippen LogP contribution < -0.4 is 0 Å².